The van der Waals surface area contributed by atoms with Gasteiger partial charge in [0.1, 0.15) is 0 Å². The van der Waals surface area contributed by atoms with Crippen molar-refractivity contribution in [3.63, 3.8) is 0 Å². The first-order valence-electron chi connectivity index (χ1n) is 12.1. The van der Waals surface area contributed by atoms with Crippen molar-refractivity contribution in [1.29, 1.82) is 0 Å². The number of aryl methyl sites for hydroxylation is 1. The number of nitrogens with one attached hydrogen (secondary N) is 1. The van der Waals surface area contributed by atoms with Gasteiger partial charge in [0.25, 0.3) is 5.91 Å². The Morgan fingerprint density at radius 2 is 1.97 bits per heavy atom. The number of ether oxygens (including phenoxy) is 1. The van der Waals surface area contributed by atoms with Crippen LogP contribution in [0, 0.1) is 12.8 Å². The summed E-state index contributed by atoms with van der Waals surface area (Å²) < 4.78 is 5.91. The lowest BCUT2D eigenvalue weighted by molar-refractivity contribution is 0.0737. The standard InChI is InChI=1S/C29H30N4O2/c1-21-7-8-25(17-28(21)32-18-22-9-12-30-13-10-22)29(34)33-14-15-35-20-23(19-33)16-24-4-2-6-27-26(24)5-3-11-31-27/h2-13,17,23,32H,14-16,18-20H2,1H3/t23-/m1/s1. The average Bonchev–Trinajstić information content (AvgIpc) is 3.14. The number of carbonyl (C=O) groups excluding carboxylic acids is 1. The Hall–Kier alpha value is -3.77. The zero-order chi connectivity index (χ0) is 24.0. The lowest BCUT2D eigenvalue weighted by Crippen LogP contribution is -2.36. The fourth-order valence-corrected chi connectivity index (χ4v) is 4.67. The Labute approximate surface area is 206 Å². The average molecular weight is 467 g/mol. The van der Waals surface area contributed by atoms with Crippen LogP contribution in [0.25, 0.3) is 10.9 Å². The maximum absolute atomic E-state index is 13.5. The van der Waals surface area contributed by atoms with Crippen molar-refractivity contribution < 1.29 is 9.53 Å². The Bertz CT molecular complexity index is 1300. The van der Waals surface area contributed by atoms with Gasteiger partial charge in [0, 0.05) is 60.8 Å². The number of nitrogens with zero attached hydrogens (tertiary/aromatic N) is 3. The highest BCUT2D eigenvalue weighted by atomic mass is 16.5. The quantitative estimate of drug-likeness (QED) is 0.439. The second-order valence-electron chi connectivity index (χ2n) is 9.12. The molecule has 1 aliphatic rings. The summed E-state index contributed by atoms with van der Waals surface area (Å²) in [5.41, 5.74) is 6.17. The van der Waals surface area contributed by atoms with Crippen molar-refractivity contribution in [1.82, 2.24) is 14.9 Å². The minimum atomic E-state index is 0.0482. The van der Waals surface area contributed by atoms with Gasteiger partial charge >= 0.3 is 0 Å². The molecule has 6 nitrogen and oxygen atoms in total. The first kappa shape index (κ1) is 23.0. The van der Waals surface area contributed by atoms with Crippen LogP contribution >= 0.6 is 0 Å². The van der Waals surface area contributed by atoms with Crippen LogP contribution in [0.4, 0.5) is 5.69 Å². The predicted molar refractivity (Wildman–Crippen MR) is 138 cm³/mol. The third-order valence-corrected chi connectivity index (χ3v) is 6.59. The summed E-state index contributed by atoms with van der Waals surface area (Å²) in [5, 5.41) is 4.64. The van der Waals surface area contributed by atoms with E-state index in [1.165, 1.54) is 10.9 Å². The van der Waals surface area contributed by atoms with Crippen LogP contribution in [0.1, 0.15) is 27.0 Å². The van der Waals surface area contributed by atoms with Gasteiger partial charge in [-0.05, 0) is 66.4 Å². The van der Waals surface area contributed by atoms with Crippen LogP contribution in [0.15, 0.2) is 79.3 Å². The van der Waals surface area contributed by atoms with Crippen LogP contribution < -0.4 is 5.32 Å². The number of carbonyl (C=O) groups is 1. The smallest absolute Gasteiger partial charge is 0.254 e. The molecule has 2 aromatic heterocycles. The summed E-state index contributed by atoms with van der Waals surface area (Å²) in [5.74, 6) is 0.272. The fraction of sp³-hybridized carbons (Fsp3) is 0.276. The van der Waals surface area contributed by atoms with E-state index >= 15 is 0 Å². The molecule has 178 valence electrons. The highest BCUT2D eigenvalue weighted by molar-refractivity contribution is 5.95. The lowest BCUT2D eigenvalue weighted by Gasteiger charge is -2.24. The van der Waals surface area contributed by atoms with Gasteiger partial charge < -0.3 is 15.0 Å². The minimum absolute atomic E-state index is 0.0482. The van der Waals surface area contributed by atoms with E-state index in [4.69, 9.17) is 4.74 Å². The Morgan fingerprint density at radius 1 is 1.09 bits per heavy atom. The largest absolute Gasteiger partial charge is 0.381 e. The molecule has 0 aliphatic carbocycles. The molecule has 1 fully saturated rings. The molecule has 4 aromatic rings. The second-order valence-corrected chi connectivity index (χ2v) is 9.12. The van der Waals surface area contributed by atoms with E-state index in [0.29, 0.717) is 38.4 Å². The van der Waals surface area contributed by atoms with E-state index in [-0.39, 0.29) is 11.8 Å². The molecular formula is C29H30N4O2. The second kappa shape index (κ2) is 10.7. The van der Waals surface area contributed by atoms with Crippen LogP contribution in [0.3, 0.4) is 0 Å². The molecule has 0 bridgehead atoms. The molecule has 6 heteroatoms. The first-order valence-corrected chi connectivity index (χ1v) is 12.1. The molecule has 1 atom stereocenters. The van der Waals surface area contributed by atoms with E-state index in [1.807, 2.05) is 53.6 Å². The molecule has 1 saturated heterocycles. The molecular weight excluding hydrogens is 436 g/mol. The number of pyridine rings is 2. The molecule has 35 heavy (non-hydrogen) atoms. The number of hydrogen-bond donors (Lipinski definition) is 1. The van der Waals surface area contributed by atoms with Crippen molar-refractivity contribution in [2.24, 2.45) is 5.92 Å². The number of aromatic nitrogens is 2. The van der Waals surface area contributed by atoms with E-state index in [9.17, 15) is 4.79 Å². The van der Waals surface area contributed by atoms with Gasteiger partial charge in [0.15, 0.2) is 0 Å². The molecule has 0 saturated carbocycles. The molecule has 5 rings (SSSR count). The Morgan fingerprint density at radius 3 is 2.86 bits per heavy atom. The van der Waals surface area contributed by atoms with Crippen molar-refractivity contribution in [2.45, 2.75) is 19.9 Å². The third-order valence-electron chi connectivity index (χ3n) is 6.59. The van der Waals surface area contributed by atoms with Crippen LogP contribution in [0.2, 0.25) is 0 Å². The summed E-state index contributed by atoms with van der Waals surface area (Å²) in [4.78, 5) is 24.0. The third kappa shape index (κ3) is 5.49. The summed E-state index contributed by atoms with van der Waals surface area (Å²) in [7, 11) is 0. The van der Waals surface area contributed by atoms with Gasteiger partial charge in [-0.2, -0.15) is 0 Å². The van der Waals surface area contributed by atoms with E-state index in [0.717, 1.165) is 28.8 Å². The first-order chi connectivity index (χ1) is 17.2. The van der Waals surface area contributed by atoms with Crippen LogP contribution in [-0.4, -0.2) is 47.1 Å². The van der Waals surface area contributed by atoms with Crippen molar-refractivity contribution in [2.75, 3.05) is 31.6 Å². The number of hydrogen-bond acceptors (Lipinski definition) is 5. The van der Waals surface area contributed by atoms with Crippen LogP contribution in [-0.2, 0) is 17.7 Å². The van der Waals surface area contributed by atoms with E-state index in [2.05, 4.69) is 40.4 Å². The molecule has 3 heterocycles. The van der Waals surface area contributed by atoms with Gasteiger partial charge in [-0.15, -0.1) is 0 Å². The van der Waals surface area contributed by atoms with Crippen molar-refractivity contribution in [3.05, 3.63) is 102 Å². The highest BCUT2D eigenvalue weighted by Gasteiger charge is 2.24. The zero-order valence-electron chi connectivity index (χ0n) is 20.0. The molecule has 1 amide bonds. The van der Waals surface area contributed by atoms with Crippen LogP contribution in [0.5, 0.6) is 0 Å². The maximum Gasteiger partial charge on any atom is 0.254 e. The molecule has 1 aliphatic heterocycles. The maximum atomic E-state index is 13.5. The number of benzene rings is 2. The van der Waals surface area contributed by atoms with Gasteiger partial charge in [-0.3, -0.25) is 14.8 Å². The normalized spacial score (nSPS) is 16.1. The fourth-order valence-electron chi connectivity index (χ4n) is 4.67. The molecule has 0 unspecified atom stereocenters. The summed E-state index contributed by atoms with van der Waals surface area (Å²) in [6, 6.07) is 20.2. The van der Waals surface area contributed by atoms with Gasteiger partial charge in [0.2, 0.25) is 0 Å². The van der Waals surface area contributed by atoms with Gasteiger partial charge in [-0.1, -0.05) is 24.3 Å². The predicted octanol–water partition coefficient (Wildman–Crippen LogP) is 4.88. The SMILES string of the molecule is Cc1ccc(C(=O)N2CCOC[C@H](Cc3cccc4ncccc34)C2)cc1NCc1ccncc1. The number of rotatable bonds is 6. The Balaban J connectivity index is 1.30. The zero-order valence-corrected chi connectivity index (χ0v) is 20.0. The lowest BCUT2D eigenvalue weighted by atomic mass is 9.96. The van der Waals surface area contributed by atoms with Gasteiger partial charge in [0.05, 0.1) is 18.7 Å². The minimum Gasteiger partial charge on any atom is -0.381 e. The number of anilines is 1. The molecule has 1 N–H and O–H groups in total. The number of fused-ring (bicyclic) bond motifs is 1. The summed E-state index contributed by atoms with van der Waals surface area (Å²) in [6.45, 7) is 5.20. The summed E-state index contributed by atoms with van der Waals surface area (Å²) >= 11 is 0. The van der Waals surface area contributed by atoms with Crippen molar-refractivity contribution in [3.8, 4) is 0 Å². The highest BCUT2D eigenvalue weighted by Crippen LogP contribution is 2.23. The monoisotopic (exact) mass is 466 g/mol. The number of amides is 1. The van der Waals surface area contributed by atoms with Crippen molar-refractivity contribution >= 4 is 22.5 Å². The molecule has 0 radical (unpaired) electrons. The summed E-state index contributed by atoms with van der Waals surface area (Å²) in [6.07, 6.45) is 6.25. The Kier molecular flexibility index (Phi) is 7.00. The van der Waals surface area contributed by atoms with E-state index < -0.39 is 0 Å². The topological polar surface area (TPSA) is 67.4 Å². The molecule has 0 spiro atoms. The van der Waals surface area contributed by atoms with E-state index in [1.54, 1.807) is 12.4 Å². The molecule has 2 aromatic carbocycles. The van der Waals surface area contributed by atoms with Gasteiger partial charge in [-0.25, -0.2) is 0 Å².